The summed E-state index contributed by atoms with van der Waals surface area (Å²) in [6, 6.07) is 0. The van der Waals surface area contributed by atoms with Crippen LogP contribution in [0.1, 0.15) is 48.5 Å². The summed E-state index contributed by atoms with van der Waals surface area (Å²) in [5.74, 6) is 0. The first-order valence-electron chi connectivity index (χ1n) is 7.50. The maximum atomic E-state index is 12.3. The normalized spacial score (nSPS) is 29.6. The maximum absolute atomic E-state index is 12.3. The molecule has 0 aromatic rings. The predicted octanol–water partition coefficient (Wildman–Crippen LogP) is 2.88. The van der Waals surface area contributed by atoms with Gasteiger partial charge in [0.2, 0.25) is 0 Å². The quantitative estimate of drug-likeness (QED) is 0.552. The molecule has 1 amide bonds. The summed E-state index contributed by atoms with van der Waals surface area (Å²) in [7, 11) is 1.14. The summed E-state index contributed by atoms with van der Waals surface area (Å²) in [5, 5.41) is 4.26. The Morgan fingerprint density at radius 3 is 2.18 bits per heavy atom. The Morgan fingerprint density at radius 1 is 1.23 bits per heavy atom. The van der Waals surface area contributed by atoms with Crippen molar-refractivity contribution in [3.8, 4) is 0 Å². The first-order valence-corrected chi connectivity index (χ1v) is 7.50. The van der Waals surface area contributed by atoms with Gasteiger partial charge in [0.1, 0.15) is 18.8 Å². The van der Waals surface area contributed by atoms with E-state index in [2.05, 4.69) is 5.10 Å². The van der Waals surface area contributed by atoms with Gasteiger partial charge in [-0.1, -0.05) is 9.69 Å². The third-order valence-corrected chi connectivity index (χ3v) is 4.14. The molecule has 0 radical (unpaired) electrons. The lowest BCUT2D eigenvalue weighted by Crippen LogP contribution is -2.42. The van der Waals surface area contributed by atoms with Crippen molar-refractivity contribution in [3.05, 3.63) is 11.7 Å². The van der Waals surface area contributed by atoms with Crippen LogP contribution in [0.5, 0.6) is 0 Å². The number of rotatable bonds is 1. The highest BCUT2D eigenvalue weighted by molar-refractivity contribution is 6.60. The van der Waals surface area contributed by atoms with Crippen molar-refractivity contribution in [3.63, 3.8) is 0 Å². The van der Waals surface area contributed by atoms with Gasteiger partial charge in [0.05, 0.1) is 22.9 Å². The van der Waals surface area contributed by atoms with Crippen molar-refractivity contribution in [2.24, 2.45) is 5.10 Å². The zero-order valence-corrected chi connectivity index (χ0v) is 14.8. The van der Waals surface area contributed by atoms with E-state index in [1.807, 2.05) is 48.5 Å². The van der Waals surface area contributed by atoms with Crippen molar-refractivity contribution >= 4 is 19.4 Å². The molecule has 2 aliphatic rings. The van der Waals surface area contributed by atoms with Crippen LogP contribution in [0.25, 0.3) is 0 Å². The molecule has 1 saturated heterocycles. The Balaban J connectivity index is 2.17. The largest absolute Gasteiger partial charge is 0.548 e. The molecule has 0 saturated carbocycles. The third-order valence-electron chi connectivity index (χ3n) is 4.14. The first-order chi connectivity index (χ1) is 9.76. The fourth-order valence-electron chi connectivity index (χ4n) is 2.10. The lowest BCUT2D eigenvalue weighted by Gasteiger charge is -2.32. The monoisotopic (exact) mass is 309 g/mol. The minimum Gasteiger partial charge on any atom is -0.412 e. The minimum atomic E-state index is -0.561. The standard InChI is InChI=1S/C15H26BN2O4/c1-13(2,3)20-12(19)18(8)10-11(9-17-18)16-21-14(4,5)15(6,7)22-16/h9-10H,1-8H3/q+1. The fraction of sp³-hybridized carbons (Fsp3) is 0.733. The van der Waals surface area contributed by atoms with E-state index in [1.54, 1.807) is 19.5 Å². The van der Waals surface area contributed by atoms with Crippen molar-refractivity contribution in [1.82, 2.24) is 0 Å². The van der Waals surface area contributed by atoms with E-state index in [-0.39, 0.29) is 4.59 Å². The van der Waals surface area contributed by atoms with Crippen molar-refractivity contribution in [2.75, 3.05) is 7.05 Å². The molecule has 1 atom stereocenters. The van der Waals surface area contributed by atoms with E-state index in [9.17, 15) is 4.79 Å². The molecule has 0 bridgehead atoms. The van der Waals surface area contributed by atoms with Gasteiger partial charge in [0, 0.05) is 0 Å². The lowest BCUT2D eigenvalue weighted by atomic mass is 9.80. The molecule has 6 nitrogen and oxygen atoms in total. The molecule has 122 valence electrons. The number of ether oxygens (including phenoxy) is 1. The Labute approximate surface area is 132 Å². The maximum Gasteiger partial charge on any atom is 0.548 e. The molecule has 2 rings (SSSR count). The lowest BCUT2D eigenvalue weighted by molar-refractivity contribution is -0.789. The van der Waals surface area contributed by atoms with E-state index in [0.29, 0.717) is 0 Å². The van der Waals surface area contributed by atoms with Gasteiger partial charge < -0.3 is 14.0 Å². The van der Waals surface area contributed by atoms with Gasteiger partial charge in [-0.05, 0) is 48.5 Å². The summed E-state index contributed by atoms with van der Waals surface area (Å²) in [4.78, 5) is 12.3. The topological polar surface area (TPSA) is 57.1 Å². The summed E-state index contributed by atoms with van der Waals surface area (Å²) in [6.45, 7) is 13.4. The Bertz CT molecular complexity index is 532. The van der Waals surface area contributed by atoms with E-state index >= 15 is 0 Å². The van der Waals surface area contributed by atoms with Crippen LogP contribution in [0, 0.1) is 0 Å². The van der Waals surface area contributed by atoms with E-state index in [0.717, 1.165) is 5.47 Å². The third kappa shape index (κ3) is 3.11. The number of nitrogens with zero attached hydrogens (tertiary/aromatic N) is 2. The second-order valence-corrected chi connectivity index (χ2v) is 7.97. The van der Waals surface area contributed by atoms with Crippen LogP contribution in [-0.2, 0) is 14.0 Å². The van der Waals surface area contributed by atoms with Crippen LogP contribution in [0.15, 0.2) is 16.8 Å². The molecule has 0 spiro atoms. The van der Waals surface area contributed by atoms with Crippen molar-refractivity contribution in [2.45, 2.75) is 65.3 Å². The Kier molecular flexibility index (Phi) is 3.84. The Morgan fingerprint density at radius 2 is 1.73 bits per heavy atom. The fourth-order valence-corrected chi connectivity index (χ4v) is 2.10. The molecule has 0 aliphatic carbocycles. The molecule has 2 heterocycles. The van der Waals surface area contributed by atoms with Gasteiger partial charge in [-0.2, -0.15) is 4.79 Å². The van der Waals surface area contributed by atoms with Crippen LogP contribution in [0.4, 0.5) is 4.79 Å². The van der Waals surface area contributed by atoms with E-state index in [1.165, 1.54) is 0 Å². The summed E-state index contributed by atoms with van der Waals surface area (Å²) >= 11 is 0. The zero-order valence-electron chi connectivity index (χ0n) is 14.8. The van der Waals surface area contributed by atoms with Crippen molar-refractivity contribution < 1.29 is 23.4 Å². The second kappa shape index (κ2) is 4.91. The van der Waals surface area contributed by atoms with Gasteiger partial charge in [0.25, 0.3) is 0 Å². The smallest absolute Gasteiger partial charge is 0.412 e. The van der Waals surface area contributed by atoms with Crippen LogP contribution in [0.3, 0.4) is 0 Å². The average Bonchev–Trinajstić information content (AvgIpc) is 2.77. The van der Waals surface area contributed by atoms with Crippen LogP contribution in [0.2, 0.25) is 0 Å². The number of carbonyl (C=O) groups is 1. The van der Waals surface area contributed by atoms with Gasteiger partial charge in [0.15, 0.2) is 0 Å². The molecular formula is C15H26BN2O4+. The summed E-state index contributed by atoms with van der Waals surface area (Å²) in [5.41, 5.74) is -0.685. The van der Waals surface area contributed by atoms with E-state index in [4.69, 9.17) is 14.0 Å². The van der Waals surface area contributed by atoms with Crippen molar-refractivity contribution in [1.29, 1.82) is 0 Å². The van der Waals surface area contributed by atoms with Gasteiger partial charge in [-0.25, -0.2) is 0 Å². The summed E-state index contributed by atoms with van der Waals surface area (Å²) in [6.07, 6.45) is 2.89. The number of allylic oxidation sites excluding steroid dienone is 1. The van der Waals surface area contributed by atoms with Gasteiger partial charge >= 0.3 is 13.2 Å². The molecule has 22 heavy (non-hydrogen) atoms. The number of amides is 1. The highest BCUT2D eigenvalue weighted by atomic mass is 16.7. The highest BCUT2D eigenvalue weighted by Crippen LogP contribution is 2.39. The summed E-state index contributed by atoms with van der Waals surface area (Å²) < 4.78 is 17.1. The molecule has 7 heteroatoms. The molecule has 0 aromatic carbocycles. The zero-order chi connectivity index (χ0) is 17.0. The van der Waals surface area contributed by atoms with Gasteiger partial charge in [-0.3, -0.25) is 0 Å². The minimum absolute atomic E-state index is 0.295. The average molecular weight is 309 g/mol. The molecule has 2 aliphatic heterocycles. The second-order valence-electron chi connectivity index (χ2n) is 7.97. The van der Waals surface area contributed by atoms with E-state index < -0.39 is 30.0 Å². The van der Waals surface area contributed by atoms with Crippen LogP contribution >= 0.6 is 0 Å². The number of hydrogen-bond acceptors (Lipinski definition) is 5. The first kappa shape index (κ1) is 17.2. The molecule has 0 N–H and O–H groups in total. The molecule has 0 aromatic heterocycles. The number of carbonyl (C=O) groups excluding carboxylic acids is 1. The Hall–Kier alpha value is -1.18. The van der Waals surface area contributed by atoms with Crippen LogP contribution < -0.4 is 0 Å². The number of hydrogen-bond donors (Lipinski definition) is 0. The van der Waals surface area contributed by atoms with Crippen LogP contribution in [-0.4, -0.2) is 47.9 Å². The number of quaternary nitrogens is 1. The molecule has 1 unspecified atom stereocenters. The molecular weight excluding hydrogens is 283 g/mol. The SMILES string of the molecule is CC(C)(C)OC(=O)[N+]1(C)C=C(B2OC(C)(C)C(C)(C)O2)C=N1. The van der Waals surface area contributed by atoms with Gasteiger partial charge in [-0.15, -0.1) is 0 Å². The predicted molar refractivity (Wildman–Crippen MR) is 85.1 cm³/mol. The molecule has 1 fully saturated rings. The highest BCUT2D eigenvalue weighted by Gasteiger charge is 2.54.